The van der Waals surface area contributed by atoms with E-state index in [-0.39, 0.29) is 18.9 Å². The monoisotopic (exact) mass is 198 g/mol. The van der Waals surface area contributed by atoms with Crippen molar-refractivity contribution in [1.29, 1.82) is 0 Å². The van der Waals surface area contributed by atoms with Gasteiger partial charge in [0.2, 0.25) is 0 Å². The first-order chi connectivity index (χ1) is 1.41. The minimum atomic E-state index is 0. The van der Waals surface area contributed by atoms with Crippen LogP contribution in [0.4, 0.5) is 0 Å². The van der Waals surface area contributed by atoms with Gasteiger partial charge in [-0.05, 0) is 21.2 Å². The molecule has 0 saturated carbocycles. The molecule has 0 spiro atoms. The van der Waals surface area contributed by atoms with E-state index in [9.17, 15) is 0 Å². The maximum absolute atomic E-state index is 4.30. The molecule has 0 fully saturated rings. The normalized spacial score (nSPS) is 4.50. The van der Waals surface area contributed by atoms with Crippen LogP contribution in [0.1, 0.15) is 0 Å². The third-order valence-corrected chi connectivity index (χ3v) is 0. The SMILES string of the molecule is [Li+].[S-]SI. The van der Waals surface area contributed by atoms with E-state index < -0.39 is 0 Å². The van der Waals surface area contributed by atoms with Crippen LogP contribution in [-0.4, -0.2) is 0 Å². The van der Waals surface area contributed by atoms with Gasteiger partial charge in [0.1, 0.15) is 0 Å². The summed E-state index contributed by atoms with van der Waals surface area (Å²) in [5, 5.41) is 0. The van der Waals surface area contributed by atoms with Crippen LogP contribution in [0.3, 0.4) is 0 Å². The van der Waals surface area contributed by atoms with E-state index in [4.69, 9.17) is 0 Å². The van der Waals surface area contributed by atoms with E-state index in [1.54, 1.807) is 0 Å². The maximum atomic E-state index is 4.30. The van der Waals surface area contributed by atoms with Crippen LogP contribution >= 0.6 is 29.2 Å². The van der Waals surface area contributed by atoms with Crippen molar-refractivity contribution in [1.82, 2.24) is 0 Å². The summed E-state index contributed by atoms with van der Waals surface area (Å²) in [5.41, 5.74) is 0. The Hall–Kier alpha value is 2.03. The molecule has 0 aliphatic heterocycles. The first-order valence-electron chi connectivity index (χ1n) is 0.321. The summed E-state index contributed by atoms with van der Waals surface area (Å²) < 4.78 is 0. The molecule has 0 amide bonds. The minimum Gasteiger partial charge on any atom is -0.708 e. The molecule has 0 heterocycles. The van der Waals surface area contributed by atoms with Gasteiger partial charge in [0.05, 0.1) is 0 Å². The van der Waals surface area contributed by atoms with Gasteiger partial charge in [-0.15, -0.1) is 0 Å². The first-order valence-corrected chi connectivity index (χ1v) is 4.61. The summed E-state index contributed by atoms with van der Waals surface area (Å²) in [4.78, 5) is 0. The molecule has 0 atom stereocenters. The van der Waals surface area contributed by atoms with Gasteiger partial charge in [0.15, 0.2) is 0 Å². The van der Waals surface area contributed by atoms with Crippen LogP contribution in [0.5, 0.6) is 0 Å². The second-order valence-electron chi connectivity index (χ2n) is 0.0630. The van der Waals surface area contributed by atoms with Crippen molar-refractivity contribution in [3.05, 3.63) is 0 Å². The fraction of sp³-hybridized carbons (Fsp3) is 0. The van der Waals surface area contributed by atoms with Gasteiger partial charge >= 0.3 is 18.9 Å². The van der Waals surface area contributed by atoms with Crippen molar-refractivity contribution < 1.29 is 18.9 Å². The first kappa shape index (κ1) is 9.39. The molecule has 0 aromatic heterocycles. The molecule has 0 rings (SSSR count). The van der Waals surface area contributed by atoms with E-state index in [0.29, 0.717) is 0 Å². The molecule has 0 aliphatic carbocycles. The second kappa shape index (κ2) is 8.90. The quantitative estimate of drug-likeness (QED) is 0.202. The van der Waals surface area contributed by atoms with E-state index in [1.807, 2.05) is 21.2 Å². The van der Waals surface area contributed by atoms with Gasteiger partial charge in [-0.25, -0.2) is 0 Å². The molecule has 0 bridgehead atoms. The van der Waals surface area contributed by atoms with Crippen LogP contribution in [-0.2, 0) is 11.7 Å². The summed E-state index contributed by atoms with van der Waals surface area (Å²) in [6.07, 6.45) is 0. The van der Waals surface area contributed by atoms with E-state index in [2.05, 4.69) is 11.7 Å². The van der Waals surface area contributed by atoms with Gasteiger partial charge in [-0.3, -0.25) is 7.97 Å². The fourth-order valence-electron chi connectivity index (χ4n) is 0. The molecule has 0 unspecified atom stereocenters. The molecule has 0 aromatic rings. The van der Waals surface area contributed by atoms with Crippen molar-refractivity contribution in [2.75, 3.05) is 0 Å². The van der Waals surface area contributed by atoms with Gasteiger partial charge in [0, 0.05) is 0 Å². The number of halogens is 1. The van der Waals surface area contributed by atoms with Crippen molar-refractivity contribution >= 4 is 40.8 Å². The largest absolute Gasteiger partial charge is 1.00 e. The Morgan fingerprint density at radius 2 is 1.75 bits per heavy atom. The Morgan fingerprint density at radius 1 is 1.75 bits per heavy atom. The zero-order chi connectivity index (χ0) is 2.71. The Labute approximate surface area is 59.1 Å². The minimum absolute atomic E-state index is 0. The van der Waals surface area contributed by atoms with Crippen LogP contribution in [0.2, 0.25) is 0 Å². The Kier molecular flexibility index (Phi) is 20.9. The fourth-order valence-corrected chi connectivity index (χ4v) is 0. The predicted octanol–water partition coefficient (Wildman–Crippen LogP) is -1.46. The summed E-state index contributed by atoms with van der Waals surface area (Å²) in [7, 11) is 1.30. The molecular formula is ILiS2. The van der Waals surface area contributed by atoms with Crippen molar-refractivity contribution in [3.63, 3.8) is 0 Å². The van der Waals surface area contributed by atoms with Gasteiger partial charge in [0.25, 0.3) is 0 Å². The van der Waals surface area contributed by atoms with Crippen LogP contribution in [0.15, 0.2) is 0 Å². The van der Waals surface area contributed by atoms with Crippen LogP contribution < -0.4 is 18.9 Å². The molecule has 4 heavy (non-hydrogen) atoms. The number of hydrogen-bond acceptors (Lipinski definition) is 2. The Balaban J connectivity index is 0. The van der Waals surface area contributed by atoms with Crippen molar-refractivity contribution in [3.8, 4) is 0 Å². The zero-order valence-corrected chi connectivity index (χ0v) is 5.98. The molecule has 0 saturated heterocycles. The third kappa shape index (κ3) is 8.98. The van der Waals surface area contributed by atoms with E-state index in [0.717, 1.165) is 0 Å². The zero-order valence-electron chi connectivity index (χ0n) is 2.19. The predicted molar refractivity (Wildman–Crippen MR) is 29.0 cm³/mol. The topological polar surface area (TPSA) is 0 Å². The number of rotatable bonds is 0. The average Bonchev–Trinajstić information content (AvgIpc) is 0.918. The molecule has 0 nitrogen and oxygen atoms in total. The van der Waals surface area contributed by atoms with E-state index >= 15 is 0 Å². The molecular weight excluding hydrogens is 198 g/mol. The second-order valence-corrected chi connectivity index (χ2v) is 3.80. The molecule has 4 heteroatoms. The van der Waals surface area contributed by atoms with Crippen molar-refractivity contribution in [2.24, 2.45) is 0 Å². The smallest absolute Gasteiger partial charge is 0.708 e. The standard InChI is InChI=1S/HIS2.Li/c1-3-2;/h2H;/q;+1/p-1. The summed E-state index contributed by atoms with van der Waals surface area (Å²) in [6.45, 7) is 0. The van der Waals surface area contributed by atoms with Crippen LogP contribution in [0.25, 0.3) is 0 Å². The summed E-state index contributed by atoms with van der Waals surface area (Å²) >= 11 is 6.32. The maximum Gasteiger partial charge on any atom is 1.00 e. The van der Waals surface area contributed by atoms with Gasteiger partial charge in [-0.1, -0.05) is 0 Å². The van der Waals surface area contributed by atoms with E-state index in [1.165, 1.54) is 7.97 Å². The molecule has 0 N–H and O–H groups in total. The molecule has 20 valence electrons. The van der Waals surface area contributed by atoms with Crippen LogP contribution in [0, 0.1) is 0 Å². The van der Waals surface area contributed by atoms with Crippen molar-refractivity contribution in [2.45, 2.75) is 0 Å². The molecule has 0 radical (unpaired) electrons. The third-order valence-electron chi connectivity index (χ3n) is 0. The Morgan fingerprint density at radius 3 is 1.75 bits per heavy atom. The van der Waals surface area contributed by atoms with Gasteiger partial charge < -0.3 is 11.7 Å². The number of hydrogen-bond donors (Lipinski definition) is 0. The Bertz CT molecular complexity index is 6.00. The van der Waals surface area contributed by atoms with Gasteiger partial charge in [-0.2, -0.15) is 0 Å². The average molecular weight is 198 g/mol. The molecule has 0 aromatic carbocycles. The summed E-state index contributed by atoms with van der Waals surface area (Å²) in [6, 6.07) is 0. The summed E-state index contributed by atoms with van der Waals surface area (Å²) in [5.74, 6) is 0. The molecule has 0 aliphatic rings.